The molecule has 9 aromatic carbocycles. The minimum absolute atomic E-state index is 0.0562. The molecule has 0 fully saturated rings. The predicted octanol–water partition coefficient (Wildman–Crippen LogP) is 14.4. The first-order valence-electron chi connectivity index (χ1n) is 18.2. The largest absolute Gasteiger partial charge is 0.456 e. The van der Waals surface area contributed by atoms with Crippen molar-refractivity contribution in [2.24, 2.45) is 0 Å². The van der Waals surface area contributed by atoms with E-state index in [0.29, 0.717) is 0 Å². The summed E-state index contributed by atoms with van der Waals surface area (Å²) in [4.78, 5) is 0. The number of rotatable bonds is 3. The normalized spacial score (nSPS) is 13.3. The highest BCUT2D eigenvalue weighted by Crippen LogP contribution is 2.53. The van der Waals surface area contributed by atoms with Crippen LogP contribution in [0.4, 0.5) is 0 Å². The molecule has 1 heterocycles. The maximum atomic E-state index is 6.72. The fourth-order valence-corrected chi connectivity index (χ4v) is 9.18. The van der Waals surface area contributed by atoms with Gasteiger partial charge in [-0.3, -0.25) is 0 Å². The van der Waals surface area contributed by atoms with Gasteiger partial charge in [-0.05, 0) is 118 Å². The van der Waals surface area contributed by atoms with Crippen LogP contribution in [0.2, 0.25) is 0 Å². The molecule has 10 aromatic rings. The Balaban J connectivity index is 1.11. The second-order valence-corrected chi connectivity index (χ2v) is 14.8. The van der Waals surface area contributed by atoms with Crippen LogP contribution >= 0.6 is 0 Å². The van der Waals surface area contributed by atoms with Crippen LogP contribution < -0.4 is 0 Å². The van der Waals surface area contributed by atoms with Crippen molar-refractivity contribution in [2.75, 3.05) is 0 Å². The van der Waals surface area contributed by atoms with Gasteiger partial charge in [0.15, 0.2) is 0 Å². The summed E-state index contributed by atoms with van der Waals surface area (Å²) in [6, 6.07) is 62.3. The highest BCUT2D eigenvalue weighted by molar-refractivity contribution is 6.23. The van der Waals surface area contributed by atoms with Crippen molar-refractivity contribution >= 4 is 54.3 Å². The van der Waals surface area contributed by atoms with Gasteiger partial charge in [-0.2, -0.15) is 0 Å². The zero-order valence-electron chi connectivity index (χ0n) is 29.1. The number of hydrogen-bond donors (Lipinski definition) is 0. The van der Waals surface area contributed by atoms with Gasteiger partial charge in [0.05, 0.1) is 0 Å². The van der Waals surface area contributed by atoms with E-state index in [1.165, 1.54) is 93.2 Å². The lowest BCUT2D eigenvalue weighted by Gasteiger charge is -2.21. The predicted molar refractivity (Wildman–Crippen MR) is 220 cm³/mol. The molecule has 1 aliphatic rings. The van der Waals surface area contributed by atoms with Gasteiger partial charge in [0.2, 0.25) is 0 Å². The van der Waals surface area contributed by atoms with Gasteiger partial charge in [0, 0.05) is 16.2 Å². The number of furan rings is 1. The van der Waals surface area contributed by atoms with E-state index in [0.717, 1.165) is 16.7 Å². The molecule has 0 N–H and O–H groups in total. The molecule has 1 aliphatic carbocycles. The standard InChI is InChI=1S/C51H34O/c1-51(2)43-19-11-10-18-41(43)49-44(51)26-27-45-50(49)42-25-24-36(30-46(42)52-45)48-39-16-8-6-14-37(39)47(38-15-7-9-17-40(38)48)35-23-22-33-28-32(20-21-34(33)29-35)31-12-4-3-5-13-31/h3-30H,1-2H3. The molecule has 1 aromatic heterocycles. The third-order valence-corrected chi connectivity index (χ3v) is 11.6. The van der Waals surface area contributed by atoms with Crippen LogP contribution in [0.25, 0.3) is 98.8 Å². The molecule has 0 saturated heterocycles. The van der Waals surface area contributed by atoms with E-state index in [2.05, 4.69) is 184 Å². The van der Waals surface area contributed by atoms with Gasteiger partial charge in [-0.25, -0.2) is 0 Å². The van der Waals surface area contributed by atoms with E-state index in [-0.39, 0.29) is 5.41 Å². The zero-order valence-corrected chi connectivity index (χ0v) is 29.1. The Bertz CT molecular complexity index is 3030. The van der Waals surface area contributed by atoms with Crippen LogP contribution in [-0.2, 0) is 5.41 Å². The lowest BCUT2D eigenvalue weighted by molar-refractivity contribution is 0.656. The molecule has 1 nitrogen and oxygen atoms in total. The van der Waals surface area contributed by atoms with Crippen LogP contribution in [0.15, 0.2) is 174 Å². The topological polar surface area (TPSA) is 13.1 Å². The molecule has 0 unspecified atom stereocenters. The summed E-state index contributed by atoms with van der Waals surface area (Å²) >= 11 is 0. The summed E-state index contributed by atoms with van der Waals surface area (Å²) in [6.07, 6.45) is 0. The van der Waals surface area contributed by atoms with E-state index < -0.39 is 0 Å². The monoisotopic (exact) mass is 662 g/mol. The van der Waals surface area contributed by atoms with E-state index >= 15 is 0 Å². The SMILES string of the molecule is CC1(C)c2ccccc2-c2c1ccc1oc3cc(-c4c5ccccc5c(-c5ccc6cc(-c7ccccc7)ccc6c5)c5ccccc45)ccc3c21. The zero-order chi connectivity index (χ0) is 34.6. The first kappa shape index (κ1) is 29.3. The summed E-state index contributed by atoms with van der Waals surface area (Å²) in [6.45, 7) is 4.67. The van der Waals surface area contributed by atoms with Crippen molar-refractivity contribution in [3.63, 3.8) is 0 Å². The Kier molecular flexibility index (Phi) is 6.08. The van der Waals surface area contributed by atoms with Crippen molar-refractivity contribution < 1.29 is 4.42 Å². The third-order valence-electron chi connectivity index (χ3n) is 11.6. The van der Waals surface area contributed by atoms with Crippen LogP contribution in [-0.4, -0.2) is 0 Å². The van der Waals surface area contributed by atoms with Crippen molar-refractivity contribution in [1.82, 2.24) is 0 Å². The Hall–Kier alpha value is -6.44. The van der Waals surface area contributed by atoms with E-state index in [1.54, 1.807) is 0 Å². The van der Waals surface area contributed by atoms with Crippen LogP contribution in [0, 0.1) is 0 Å². The average molecular weight is 663 g/mol. The molecule has 0 saturated carbocycles. The second kappa shape index (κ2) is 10.8. The molecule has 0 atom stereocenters. The van der Waals surface area contributed by atoms with Crippen molar-refractivity contribution in [3.8, 4) is 44.5 Å². The fraction of sp³-hybridized carbons (Fsp3) is 0.0588. The van der Waals surface area contributed by atoms with Gasteiger partial charge in [-0.15, -0.1) is 0 Å². The summed E-state index contributed by atoms with van der Waals surface area (Å²) in [5.74, 6) is 0. The Morgan fingerprint density at radius 1 is 0.365 bits per heavy atom. The highest BCUT2D eigenvalue weighted by Gasteiger charge is 2.37. The molecular weight excluding hydrogens is 629 g/mol. The number of hydrogen-bond acceptors (Lipinski definition) is 1. The fourth-order valence-electron chi connectivity index (χ4n) is 9.18. The molecule has 0 aliphatic heterocycles. The van der Waals surface area contributed by atoms with E-state index in [4.69, 9.17) is 4.42 Å². The summed E-state index contributed by atoms with van der Waals surface area (Å²) in [5.41, 5.74) is 14.6. The molecule has 11 rings (SSSR count). The Labute approximate surface area is 302 Å². The molecule has 0 amide bonds. The van der Waals surface area contributed by atoms with Gasteiger partial charge in [-0.1, -0.05) is 153 Å². The van der Waals surface area contributed by atoms with Gasteiger partial charge in [0.25, 0.3) is 0 Å². The molecule has 0 radical (unpaired) electrons. The second-order valence-electron chi connectivity index (χ2n) is 14.8. The van der Waals surface area contributed by atoms with E-state index in [1.807, 2.05) is 0 Å². The number of fused-ring (bicyclic) bond motifs is 10. The Morgan fingerprint density at radius 2 is 0.923 bits per heavy atom. The first-order chi connectivity index (χ1) is 25.5. The van der Waals surface area contributed by atoms with E-state index in [9.17, 15) is 0 Å². The molecule has 1 heteroatoms. The van der Waals surface area contributed by atoms with Crippen LogP contribution in [0.1, 0.15) is 25.0 Å². The number of benzene rings is 9. The minimum atomic E-state index is -0.0562. The van der Waals surface area contributed by atoms with Crippen molar-refractivity contribution in [3.05, 3.63) is 181 Å². The summed E-state index contributed by atoms with van der Waals surface area (Å²) < 4.78 is 6.72. The van der Waals surface area contributed by atoms with Gasteiger partial charge >= 0.3 is 0 Å². The quantitative estimate of drug-likeness (QED) is 0.172. The van der Waals surface area contributed by atoms with Crippen molar-refractivity contribution in [2.45, 2.75) is 19.3 Å². The van der Waals surface area contributed by atoms with Gasteiger partial charge < -0.3 is 4.42 Å². The molecule has 52 heavy (non-hydrogen) atoms. The van der Waals surface area contributed by atoms with Gasteiger partial charge in [0.1, 0.15) is 11.2 Å². The molecular formula is C51H34O. The molecule has 0 spiro atoms. The molecule has 244 valence electrons. The molecule has 0 bridgehead atoms. The maximum absolute atomic E-state index is 6.72. The lowest BCUT2D eigenvalue weighted by atomic mass is 9.82. The summed E-state index contributed by atoms with van der Waals surface area (Å²) in [5, 5.41) is 9.84. The summed E-state index contributed by atoms with van der Waals surface area (Å²) in [7, 11) is 0. The Morgan fingerprint density at radius 3 is 1.62 bits per heavy atom. The third kappa shape index (κ3) is 4.11. The highest BCUT2D eigenvalue weighted by atomic mass is 16.3. The first-order valence-corrected chi connectivity index (χ1v) is 18.2. The average Bonchev–Trinajstić information content (AvgIpc) is 3.68. The lowest BCUT2D eigenvalue weighted by Crippen LogP contribution is -2.14. The minimum Gasteiger partial charge on any atom is -0.456 e. The van der Waals surface area contributed by atoms with Crippen LogP contribution in [0.5, 0.6) is 0 Å². The van der Waals surface area contributed by atoms with Crippen LogP contribution in [0.3, 0.4) is 0 Å². The maximum Gasteiger partial charge on any atom is 0.136 e. The van der Waals surface area contributed by atoms with Crippen molar-refractivity contribution in [1.29, 1.82) is 0 Å². The smallest absolute Gasteiger partial charge is 0.136 e.